The van der Waals surface area contributed by atoms with Crippen LogP contribution in [-0.2, 0) is 9.53 Å². The lowest BCUT2D eigenvalue weighted by molar-refractivity contribution is -0.142. The monoisotopic (exact) mass is 308 g/mol. The first-order valence-electron chi connectivity index (χ1n) is 7.02. The number of rotatable bonds is 5. The van der Waals surface area contributed by atoms with Gasteiger partial charge in [-0.15, -0.1) is 0 Å². The normalized spacial score (nSPS) is 18.3. The molecule has 1 amide bonds. The third kappa shape index (κ3) is 3.92. The molecule has 2 rings (SSSR count). The Hall–Kier alpha value is -1.66. The number of para-hydroxylation sites is 1. The fraction of sp³-hybridized carbons (Fsp3) is 0.467. The van der Waals surface area contributed by atoms with Crippen molar-refractivity contribution in [2.75, 3.05) is 26.4 Å². The number of hydrogen-bond donors (Lipinski definition) is 1. The van der Waals surface area contributed by atoms with E-state index in [0.29, 0.717) is 31.1 Å². The third-order valence-corrected chi connectivity index (χ3v) is 3.74. The van der Waals surface area contributed by atoms with Gasteiger partial charge in [0.15, 0.2) is 6.61 Å². The SMILES string of the molecule is CCC1COCCN1C(=O)COc1ccccc1C(N)=S. The minimum absolute atomic E-state index is 0.0177. The van der Waals surface area contributed by atoms with Crippen LogP contribution in [0, 0.1) is 0 Å². The number of ether oxygens (including phenoxy) is 2. The molecule has 0 aromatic heterocycles. The molecule has 1 saturated heterocycles. The van der Waals surface area contributed by atoms with E-state index in [1.807, 2.05) is 24.0 Å². The van der Waals surface area contributed by atoms with E-state index in [0.717, 1.165) is 6.42 Å². The van der Waals surface area contributed by atoms with Crippen molar-refractivity contribution >= 4 is 23.1 Å². The Balaban J connectivity index is 1.99. The Kier molecular flexibility index (Phi) is 5.52. The molecule has 0 saturated carbocycles. The maximum atomic E-state index is 12.3. The molecule has 1 atom stereocenters. The lowest BCUT2D eigenvalue weighted by Gasteiger charge is -2.35. The average molecular weight is 308 g/mol. The van der Waals surface area contributed by atoms with Gasteiger partial charge in [0, 0.05) is 6.54 Å². The molecule has 0 bridgehead atoms. The molecule has 21 heavy (non-hydrogen) atoms. The van der Waals surface area contributed by atoms with Gasteiger partial charge in [-0.3, -0.25) is 4.79 Å². The fourth-order valence-electron chi connectivity index (χ4n) is 2.34. The molecule has 1 unspecified atom stereocenters. The topological polar surface area (TPSA) is 64.8 Å². The van der Waals surface area contributed by atoms with Crippen LogP contribution in [0.15, 0.2) is 24.3 Å². The number of hydrogen-bond acceptors (Lipinski definition) is 4. The highest BCUT2D eigenvalue weighted by molar-refractivity contribution is 7.80. The Morgan fingerprint density at radius 2 is 2.29 bits per heavy atom. The molecule has 1 aromatic carbocycles. The average Bonchev–Trinajstić information content (AvgIpc) is 2.52. The van der Waals surface area contributed by atoms with Crippen LogP contribution in [-0.4, -0.2) is 48.2 Å². The van der Waals surface area contributed by atoms with Gasteiger partial charge in [-0.1, -0.05) is 31.3 Å². The predicted octanol–water partition coefficient (Wildman–Crippen LogP) is 1.34. The summed E-state index contributed by atoms with van der Waals surface area (Å²) in [6.07, 6.45) is 0.870. The van der Waals surface area contributed by atoms with Crippen molar-refractivity contribution in [2.45, 2.75) is 19.4 Å². The summed E-state index contributed by atoms with van der Waals surface area (Å²) in [6.45, 7) is 3.80. The molecule has 1 fully saturated rings. The zero-order valence-electron chi connectivity index (χ0n) is 12.1. The van der Waals surface area contributed by atoms with Gasteiger partial charge in [0.25, 0.3) is 5.91 Å². The molecule has 6 heteroatoms. The minimum Gasteiger partial charge on any atom is -0.483 e. The highest BCUT2D eigenvalue weighted by atomic mass is 32.1. The van der Waals surface area contributed by atoms with Gasteiger partial charge in [0.05, 0.1) is 24.8 Å². The van der Waals surface area contributed by atoms with Crippen LogP contribution in [0.25, 0.3) is 0 Å². The van der Waals surface area contributed by atoms with E-state index in [9.17, 15) is 4.79 Å². The van der Waals surface area contributed by atoms with Crippen molar-refractivity contribution in [1.82, 2.24) is 4.90 Å². The molecule has 5 nitrogen and oxygen atoms in total. The molecule has 2 N–H and O–H groups in total. The molecule has 1 aliphatic rings. The highest BCUT2D eigenvalue weighted by Crippen LogP contribution is 2.18. The van der Waals surface area contributed by atoms with Gasteiger partial charge in [0.2, 0.25) is 0 Å². The quantitative estimate of drug-likeness (QED) is 0.832. The van der Waals surface area contributed by atoms with E-state index in [-0.39, 0.29) is 23.5 Å². The van der Waals surface area contributed by atoms with Crippen molar-refractivity contribution in [3.8, 4) is 5.75 Å². The van der Waals surface area contributed by atoms with E-state index < -0.39 is 0 Å². The summed E-state index contributed by atoms with van der Waals surface area (Å²) in [5, 5.41) is 0. The van der Waals surface area contributed by atoms with Crippen molar-refractivity contribution in [1.29, 1.82) is 0 Å². The summed E-state index contributed by atoms with van der Waals surface area (Å²) in [7, 11) is 0. The Morgan fingerprint density at radius 3 is 3.00 bits per heavy atom. The number of thiocarbonyl (C=S) groups is 1. The summed E-state index contributed by atoms with van der Waals surface area (Å²) >= 11 is 4.98. The van der Waals surface area contributed by atoms with Gasteiger partial charge in [-0.2, -0.15) is 0 Å². The first-order valence-corrected chi connectivity index (χ1v) is 7.43. The number of nitrogens with two attached hydrogens (primary N) is 1. The molecular weight excluding hydrogens is 288 g/mol. The molecule has 0 spiro atoms. The van der Waals surface area contributed by atoms with E-state index in [1.165, 1.54) is 0 Å². The van der Waals surface area contributed by atoms with E-state index in [1.54, 1.807) is 12.1 Å². The first-order chi connectivity index (χ1) is 10.1. The molecule has 1 aliphatic heterocycles. The van der Waals surface area contributed by atoms with E-state index >= 15 is 0 Å². The summed E-state index contributed by atoms with van der Waals surface area (Å²) in [6, 6.07) is 7.33. The van der Waals surface area contributed by atoms with Crippen LogP contribution in [0.3, 0.4) is 0 Å². The first kappa shape index (κ1) is 15.7. The number of benzene rings is 1. The third-order valence-electron chi connectivity index (χ3n) is 3.52. The molecule has 1 heterocycles. The van der Waals surface area contributed by atoms with Crippen molar-refractivity contribution in [3.63, 3.8) is 0 Å². The smallest absolute Gasteiger partial charge is 0.260 e. The lowest BCUT2D eigenvalue weighted by atomic mass is 10.2. The highest BCUT2D eigenvalue weighted by Gasteiger charge is 2.26. The van der Waals surface area contributed by atoms with Gasteiger partial charge >= 0.3 is 0 Å². The van der Waals surface area contributed by atoms with Gasteiger partial charge in [0.1, 0.15) is 10.7 Å². The van der Waals surface area contributed by atoms with Crippen molar-refractivity contribution in [2.24, 2.45) is 5.73 Å². The van der Waals surface area contributed by atoms with Crippen LogP contribution in [0.4, 0.5) is 0 Å². The molecule has 0 radical (unpaired) electrons. The maximum Gasteiger partial charge on any atom is 0.260 e. The van der Waals surface area contributed by atoms with E-state index in [4.69, 9.17) is 27.4 Å². The standard InChI is InChI=1S/C15H20N2O3S/c1-2-11-9-19-8-7-17(11)14(18)10-20-13-6-4-3-5-12(13)15(16)21/h3-6,11H,2,7-10H2,1H3,(H2,16,21). The predicted molar refractivity (Wildman–Crippen MR) is 84.4 cm³/mol. The van der Waals surface area contributed by atoms with Gasteiger partial charge in [-0.05, 0) is 18.6 Å². The number of amides is 1. The van der Waals surface area contributed by atoms with Crippen LogP contribution in [0.2, 0.25) is 0 Å². The second-order valence-electron chi connectivity index (χ2n) is 4.87. The molecular formula is C15H20N2O3S. The second-order valence-corrected chi connectivity index (χ2v) is 5.31. The fourth-order valence-corrected chi connectivity index (χ4v) is 2.51. The number of nitrogens with zero attached hydrogens (tertiary/aromatic N) is 1. The largest absolute Gasteiger partial charge is 0.483 e. The molecule has 0 aliphatic carbocycles. The van der Waals surface area contributed by atoms with Crippen molar-refractivity contribution in [3.05, 3.63) is 29.8 Å². The van der Waals surface area contributed by atoms with Crippen LogP contribution >= 0.6 is 12.2 Å². The zero-order valence-corrected chi connectivity index (χ0v) is 12.9. The molecule has 1 aromatic rings. The number of morpholine rings is 1. The van der Waals surface area contributed by atoms with E-state index in [2.05, 4.69) is 0 Å². The number of carbonyl (C=O) groups excluding carboxylic acids is 1. The maximum absolute atomic E-state index is 12.3. The molecule has 114 valence electrons. The Labute approximate surface area is 130 Å². The minimum atomic E-state index is -0.0390. The Morgan fingerprint density at radius 1 is 1.52 bits per heavy atom. The Bertz CT molecular complexity index is 521. The van der Waals surface area contributed by atoms with Gasteiger partial charge in [-0.25, -0.2) is 0 Å². The summed E-state index contributed by atoms with van der Waals surface area (Å²) in [5.74, 6) is 0.502. The second kappa shape index (κ2) is 7.38. The zero-order chi connectivity index (χ0) is 15.2. The van der Waals surface area contributed by atoms with Crippen LogP contribution in [0.1, 0.15) is 18.9 Å². The number of carbonyl (C=O) groups is 1. The summed E-state index contributed by atoms with van der Waals surface area (Å²) in [5.41, 5.74) is 6.29. The van der Waals surface area contributed by atoms with Crippen LogP contribution in [0.5, 0.6) is 5.75 Å². The lowest BCUT2D eigenvalue weighted by Crippen LogP contribution is -2.50. The van der Waals surface area contributed by atoms with Crippen LogP contribution < -0.4 is 10.5 Å². The summed E-state index contributed by atoms with van der Waals surface area (Å²) in [4.78, 5) is 14.4. The van der Waals surface area contributed by atoms with Crippen molar-refractivity contribution < 1.29 is 14.3 Å². The summed E-state index contributed by atoms with van der Waals surface area (Å²) < 4.78 is 11.0. The van der Waals surface area contributed by atoms with Gasteiger partial charge < -0.3 is 20.1 Å².